The van der Waals surface area contributed by atoms with Crippen molar-refractivity contribution in [2.75, 3.05) is 31.7 Å². The molecule has 0 aliphatic heterocycles. The average Bonchev–Trinajstić information content (AvgIpc) is 2.44. The summed E-state index contributed by atoms with van der Waals surface area (Å²) >= 11 is 0. The molecule has 0 radical (unpaired) electrons. The number of hydrogen-bond acceptors (Lipinski definition) is 4. The molecule has 1 rings (SSSR count). The zero-order chi connectivity index (χ0) is 15.0. The van der Waals surface area contributed by atoms with Crippen molar-refractivity contribution in [3.63, 3.8) is 0 Å². The predicted octanol–water partition coefficient (Wildman–Crippen LogP) is 2.53. The maximum Gasteiger partial charge on any atom is 0.101 e. The molecule has 0 saturated heterocycles. The van der Waals surface area contributed by atoms with E-state index in [9.17, 15) is 5.26 Å². The third kappa shape index (κ3) is 5.20. The molecule has 0 saturated carbocycles. The number of nitrogens with one attached hydrogen (secondary N) is 1. The summed E-state index contributed by atoms with van der Waals surface area (Å²) in [6.07, 6.45) is 0. The molecule has 0 aliphatic rings. The van der Waals surface area contributed by atoms with Gasteiger partial charge < -0.3 is 15.0 Å². The fourth-order valence-electron chi connectivity index (χ4n) is 1.90. The Balaban J connectivity index is 2.75. The largest absolute Gasteiger partial charge is 0.380 e. The molecular weight excluding hydrogens is 250 g/mol. The summed E-state index contributed by atoms with van der Waals surface area (Å²) in [6.45, 7) is 9.17. The minimum absolute atomic E-state index is 0.439. The van der Waals surface area contributed by atoms with E-state index in [0.717, 1.165) is 30.9 Å². The van der Waals surface area contributed by atoms with E-state index >= 15 is 0 Å². The summed E-state index contributed by atoms with van der Waals surface area (Å²) in [6, 6.07) is 8.77. The zero-order valence-electron chi connectivity index (χ0n) is 12.9. The van der Waals surface area contributed by atoms with E-state index in [0.29, 0.717) is 18.2 Å². The molecular formula is C16H25N3O. The second-order valence-corrected chi connectivity index (χ2v) is 5.12. The molecule has 4 heteroatoms. The Labute approximate surface area is 122 Å². The zero-order valence-corrected chi connectivity index (χ0v) is 12.9. The smallest absolute Gasteiger partial charge is 0.101 e. The van der Waals surface area contributed by atoms with Crippen LogP contribution in [0.25, 0.3) is 0 Å². The summed E-state index contributed by atoms with van der Waals surface area (Å²) in [5, 5.41) is 12.7. The van der Waals surface area contributed by atoms with Gasteiger partial charge in [0.25, 0.3) is 0 Å². The topological polar surface area (TPSA) is 48.3 Å². The van der Waals surface area contributed by atoms with Crippen LogP contribution >= 0.6 is 0 Å². The van der Waals surface area contributed by atoms with Crippen molar-refractivity contribution < 1.29 is 4.74 Å². The first-order valence-corrected chi connectivity index (χ1v) is 7.13. The quantitative estimate of drug-likeness (QED) is 0.741. The number of nitriles is 1. The Kier molecular flexibility index (Phi) is 7.06. The Morgan fingerprint density at radius 1 is 1.40 bits per heavy atom. The number of nitrogens with zero attached hydrogens (tertiary/aromatic N) is 2. The standard InChI is InChI=1S/C16H25N3O/c1-5-20-9-8-19(4)16-7-6-14(10-15(16)11-17)12-18-13(2)3/h6-7,10,13,18H,5,8-9,12H2,1-4H3. The maximum atomic E-state index is 9.31. The molecule has 0 heterocycles. The van der Waals surface area contributed by atoms with Gasteiger partial charge in [-0.05, 0) is 24.6 Å². The van der Waals surface area contributed by atoms with Gasteiger partial charge in [0.05, 0.1) is 17.9 Å². The van der Waals surface area contributed by atoms with Crippen molar-refractivity contribution in [1.82, 2.24) is 5.32 Å². The summed E-state index contributed by atoms with van der Waals surface area (Å²) in [4.78, 5) is 2.06. The van der Waals surface area contributed by atoms with E-state index in [2.05, 4.69) is 36.2 Å². The van der Waals surface area contributed by atoms with E-state index in [-0.39, 0.29) is 0 Å². The van der Waals surface area contributed by atoms with Crippen molar-refractivity contribution in [3.8, 4) is 6.07 Å². The van der Waals surface area contributed by atoms with E-state index < -0.39 is 0 Å². The highest BCUT2D eigenvalue weighted by atomic mass is 16.5. The molecule has 0 aliphatic carbocycles. The van der Waals surface area contributed by atoms with Crippen LogP contribution in [0.3, 0.4) is 0 Å². The predicted molar refractivity (Wildman–Crippen MR) is 82.9 cm³/mol. The van der Waals surface area contributed by atoms with Gasteiger partial charge in [-0.25, -0.2) is 0 Å². The van der Waals surface area contributed by atoms with Crippen LogP contribution in [0.15, 0.2) is 18.2 Å². The van der Waals surface area contributed by atoms with Crippen LogP contribution in [0, 0.1) is 11.3 Å². The van der Waals surface area contributed by atoms with Crippen LogP contribution in [0.5, 0.6) is 0 Å². The SMILES string of the molecule is CCOCCN(C)c1ccc(CNC(C)C)cc1C#N. The fourth-order valence-corrected chi connectivity index (χ4v) is 1.90. The Bertz CT molecular complexity index is 452. The minimum atomic E-state index is 0.439. The molecule has 1 aromatic carbocycles. The molecule has 0 atom stereocenters. The normalized spacial score (nSPS) is 10.6. The van der Waals surface area contributed by atoms with Gasteiger partial charge in [-0.15, -0.1) is 0 Å². The number of anilines is 1. The van der Waals surface area contributed by atoms with Gasteiger partial charge in [0, 0.05) is 32.8 Å². The lowest BCUT2D eigenvalue weighted by atomic mass is 10.1. The fraction of sp³-hybridized carbons (Fsp3) is 0.562. The molecule has 110 valence electrons. The highest BCUT2D eigenvalue weighted by Crippen LogP contribution is 2.20. The Morgan fingerprint density at radius 2 is 2.15 bits per heavy atom. The molecule has 0 unspecified atom stereocenters. The molecule has 20 heavy (non-hydrogen) atoms. The first kappa shape index (κ1) is 16.5. The number of benzene rings is 1. The van der Waals surface area contributed by atoms with Gasteiger partial charge in [-0.3, -0.25) is 0 Å². The van der Waals surface area contributed by atoms with Gasteiger partial charge in [0.15, 0.2) is 0 Å². The lowest BCUT2D eigenvalue weighted by Crippen LogP contribution is -2.24. The first-order chi connectivity index (χ1) is 9.58. The molecule has 1 aromatic rings. The third-order valence-corrected chi connectivity index (χ3v) is 3.08. The number of hydrogen-bond donors (Lipinski definition) is 1. The summed E-state index contributed by atoms with van der Waals surface area (Å²) < 4.78 is 5.35. The van der Waals surface area contributed by atoms with Crippen molar-refractivity contribution in [2.24, 2.45) is 0 Å². The number of ether oxygens (including phenoxy) is 1. The molecule has 0 spiro atoms. The Morgan fingerprint density at radius 3 is 2.75 bits per heavy atom. The van der Waals surface area contributed by atoms with Crippen molar-refractivity contribution >= 4 is 5.69 Å². The maximum absolute atomic E-state index is 9.31. The number of likely N-dealkylation sites (N-methyl/N-ethyl adjacent to an activating group) is 1. The van der Waals surface area contributed by atoms with E-state index in [1.54, 1.807) is 0 Å². The van der Waals surface area contributed by atoms with Crippen LogP contribution in [-0.4, -0.2) is 32.8 Å². The van der Waals surface area contributed by atoms with E-state index in [1.807, 2.05) is 26.1 Å². The van der Waals surface area contributed by atoms with Crippen molar-refractivity contribution in [3.05, 3.63) is 29.3 Å². The van der Waals surface area contributed by atoms with Crippen LogP contribution in [0.1, 0.15) is 31.9 Å². The van der Waals surface area contributed by atoms with Gasteiger partial charge in [-0.2, -0.15) is 5.26 Å². The Hall–Kier alpha value is -1.57. The highest BCUT2D eigenvalue weighted by molar-refractivity contribution is 5.60. The van der Waals surface area contributed by atoms with Gasteiger partial charge >= 0.3 is 0 Å². The van der Waals surface area contributed by atoms with Gasteiger partial charge in [0.2, 0.25) is 0 Å². The molecule has 1 N–H and O–H groups in total. The monoisotopic (exact) mass is 275 g/mol. The van der Waals surface area contributed by atoms with Gasteiger partial charge in [0.1, 0.15) is 6.07 Å². The second-order valence-electron chi connectivity index (χ2n) is 5.12. The minimum Gasteiger partial charge on any atom is -0.380 e. The van der Waals surface area contributed by atoms with Crippen LogP contribution in [0.4, 0.5) is 5.69 Å². The molecule has 0 amide bonds. The molecule has 0 fully saturated rings. The van der Waals surface area contributed by atoms with Gasteiger partial charge in [-0.1, -0.05) is 19.9 Å². The van der Waals surface area contributed by atoms with Crippen LogP contribution in [0.2, 0.25) is 0 Å². The third-order valence-electron chi connectivity index (χ3n) is 3.08. The van der Waals surface area contributed by atoms with E-state index in [4.69, 9.17) is 4.74 Å². The summed E-state index contributed by atoms with van der Waals surface area (Å²) in [7, 11) is 1.99. The lowest BCUT2D eigenvalue weighted by molar-refractivity contribution is 0.154. The summed E-state index contributed by atoms with van der Waals surface area (Å²) in [5.74, 6) is 0. The van der Waals surface area contributed by atoms with E-state index in [1.165, 1.54) is 0 Å². The second kappa shape index (κ2) is 8.57. The molecule has 4 nitrogen and oxygen atoms in total. The molecule has 0 aromatic heterocycles. The van der Waals surface area contributed by atoms with Crippen LogP contribution < -0.4 is 10.2 Å². The average molecular weight is 275 g/mol. The van der Waals surface area contributed by atoms with Crippen molar-refractivity contribution in [2.45, 2.75) is 33.4 Å². The highest BCUT2D eigenvalue weighted by Gasteiger charge is 2.08. The molecule has 0 bridgehead atoms. The van der Waals surface area contributed by atoms with Crippen LogP contribution in [-0.2, 0) is 11.3 Å². The first-order valence-electron chi connectivity index (χ1n) is 7.13. The lowest BCUT2D eigenvalue weighted by Gasteiger charge is -2.21. The van der Waals surface area contributed by atoms with Crippen molar-refractivity contribution in [1.29, 1.82) is 5.26 Å². The summed E-state index contributed by atoms with van der Waals surface area (Å²) in [5.41, 5.74) is 2.81. The number of rotatable bonds is 8.